The molecule has 0 aliphatic rings. The molecule has 5 nitrogen and oxygen atoms in total. The maximum atomic E-state index is 13.0. The van der Waals surface area contributed by atoms with Gasteiger partial charge in [-0.15, -0.1) is 23.7 Å². The number of benzene rings is 1. The maximum Gasteiger partial charge on any atom is 0.261 e. The lowest BCUT2D eigenvalue weighted by Crippen LogP contribution is -2.37. The van der Waals surface area contributed by atoms with Gasteiger partial charge in [0.15, 0.2) is 0 Å². The molecule has 0 fully saturated rings. The van der Waals surface area contributed by atoms with Crippen LogP contribution in [0.25, 0.3) is 0 Å². The number of anilines is 1. The zero-order valence-corrected chi connectivity index (χ0v) is 15.9. The van der Waals surface area contributed by atoms with Gasteiger partial charge in [0.2, 0.25) is 0 Å². The average molecular weight is 406 g/mol. The summed E-state index contributed by atoms with van der Waals surface area (Å²) in [5.74, 6) is -1.23. The Balaban J connectivity index is 0.00000312. The van der Waals surface area contributed by atoms with Crippen molar-refractivity contribution in [3.05, 3.63) is 51.1 Å². The number of rotatable bonds is 5. The highest BCUT2D eigenvalue weighted by Crippen LogP contribution is 2.28. The Morgan fingerprint density at radius 1 is 1.32 bits per heavy atom. The summed E-state index contributed by atoms with van der Waals surface area (Å²) in [6, 6.07) is 5.10. The number of hydrogen-bond donors (Lipinski definition) is 3. The first kappa shape index (κ1) is 21.4. The zero-order valence-electron chi connectivity index (χ0n) is 13.6. The van der Waals surface area contributed by atoms with Crippen molar-refractivity contribution in [1.29, 1.82) is 0 Å². The lowest BCUT2D eigenvalue weighted by molar-refractivity contribution is 0.0944. The Morgan fingerprint density at radius 3 is 2.60 bits per heavy atom. The molecule has 2 amide bonds. The Morgan fingerprint density at radius 2 is 2.00 bits per heavy atom. The molecule has 1 aromatic heterocycles. The van der Waals surface area contributed by atoms with Gasteiger partial charge >= 0.3 is 0 Å². The van der Waals surface area contributed by atoms with Crippen LogP contribution in [-0.4, -0.2) is 24.4 Å². The fourth-order valence-corrected chi connectivity index (χ4v) is 3.19. The number of carbonyl (C=O) groups excluding carboxylic acids is 2. The highest BCUT2D eigenvalue weighted by Gasteiger charge is 2.18. The van der Waals surface area contributed by atoms with E-state index < -0.39 is 11.7 Å². The second-order valence-electron chi connectivity index (χ2n) is 5.31. The SMILES string of the molecule is Cc1cc(NC(=O)c2ccc(F)cc2Cl)sc1C(=O)N[C@@H](C)CN.Cl. The number of hydrogen-bond acceptors (Lipinski definition) is 4. The first-order valence-electron chi connectivity index (χ1n) is 7.19. The molecule has 0 saturated heterocycles. The van der Waals surface area contributed by atoms with Gasteiger partial charge in [-0.1, -0.05) is 11.6 Å². The molecule has 9 heteroatoms. The number of nitrogens with one attached hydrogen (secondary N) is 2. The molecule has 2 rings (SSSR count). The second kappa shape index (κ2) is 9.15. The summed E-state index contributed by atoms with van der Waals surface area (Å²) in [6.45, 7) is 3.92. The van der Waals surface area contributed by atoms with Gasteiger partial charge in [-0.3, -0.25) is 9.59 Å². The van der Waals surface area contributed by atoms with Gasteiger partial charge in [0.05, 0.1) is 20.5 Å². The minimum absolute atomic E-state index is 0. The van der Waals surface area contributed by atoms with Crippen LogP contribution in [0.4, 0.5) is 9.39 Å². The van der Waals surface area contributed by atoms with Gasteiger partial charge in [-0.2, -0.15) is 0 Å². The van der Waals surface area contributed by atoms with Crippen LogP contribution >= 0.6 is 35.3 Å². The normalized spacial score (nSPS) is 11.4. The topological polar surface area (TPSA) is 84.2 Å². The largest absolute Gasteiger partial charge is 0.348 e. The zero-order chi connectivity index (χ0) is 17.9. The van der Waals surface area contributed by atoms with E-state index in [0.29, 0.717) is 16.4 Å². The predicted molar refractivity (Wildman–Crippen MR) is 102 cm³/mol. The van der Waals surface area contributed by atoms with Crippen LogP contribution in [0.15, 0.2) is 24.3 Å². The van der Waals surface area contributed by atoms with E-state index in [2.05, 4.69) is 10.6 Å². The van der Waals surface area contributed by atoms with Crippen LogP contribution in [-0.2, 0) is 0 Å². The Labute approximate surface area is 160 Å². The summed E-state index contributed by atoms with van der Waals surface area (Å²) >= 11 is 7.03. The minimum Gasteiger partial charge on any atom is -0.348 e. The van der Waals surface area contributed by atoms with Gasteiger partial charge in [0.25, 0.3) is 11.8 Å². The first-order chi connectivity index (χ1) is 11.3. The van der Waals surface area contributed by atoms with Gasteiger partial charge < -0.3 is 16.4 Å². The molecule has 136 valence electrons. The van der Waals surface area contributed by atoms with Crippen molar-refractivity contribution in [3.8, 4) is 0 Å². The number of nitrogens with two attached hydrogens (primary N) is 1. The van der Waals surface area contributed by atoms with E-state index in [1.807, 2.05) is 0 Å². The van der Waals surface area contributed by atoms with Crippen LogP contribution in [0, 0.1) is 12.7 Å². The number of thiophene rings is 1. The van der Waals surface area contributed by atoms with Gasteiger partial charge in [0, 0.05) is 12.6 Å². The Bertz CT molecular complexity index is 783. The summed E-state index contributed by atoms with van der Waals surface area (Å²) in [5, 5.41) is 5.97. The molecule has 0 saturated carbocycles. The summed E-state index contributed by atoms with van der Waals surface area (Å²) in [5.41, 5.74) is 6.39. The standard InChI is InChI=1S/C16H17ClFN3O2S.ClH/c1-8-5-13(24-14(8)16(23)20-9(2)7-19)21-15(22)11-4-3-10(18)6-12(11)17;/h3-6,9H,7,19H2,1-2H3,(H,20,23)(H,21,22);1H/t9-;/m0./s1. The van der Waals surface area contributed by atoms with E-state index in [1.54, 1.807) is 19.9 Å². The first-order valence-corrected chi connectivity index (χ1v) is 8.39. The third kappa shape index (κ3) is 5.40. The number of amides is 2. The molecule has 0 aliphatic carbocycles. The predicted octanol–water partition coefficient (Wildman–Crippen LogP) is 3.60. The van der Waals surface area contributed by atoms with Crippen molar-refractivity contribution in [2.75, 3.05) is 11.9 Å². The lowest BCUT2D eigenvalue weighted by Gasteiger charge is -2.10. The van der Waals surface area contributed by atoms with Gasteiger partial charge in [0.1, 0.15) is 5.82 Å². The molecule has 0 aliphatic heterocycles. The molecule has 1 heterocycles. The summed E-state index contributed by atoms with van der Waals surface area (Å²) in [7, 11) is 0. The van der Waals surface area contributed by atoms with Crippen LogP contribution < -0.4 is 16.4 Å². The summed E-state index contributed by atoms with van der Waals surface area (Å²) < 4.78 is 13.0. The van der Waals surface area contributed by atoms with Crippen molar-refractivity contribution in [1.82, 2.24) is 5.32 Å². The quantitative estimate of drug-likeness (QED) is 0.710. The molecule has 0 bridgehead atoms. The molecule has 2 aromatic rings. The lowest BCUT2D eigenvalue weighted by atomic mass is 10.2. The van der Waals surface area contributed by atoms with Crippen LogP contribution in [0.2, 0.25) is 5.02 Å². The molecular formula is C16H18Cl2FN3O2S. The monoisotopic (exact) mass is 405 g/mol. The minimum atomic E-state index is -0.517. The molecule has 25 heavy (non-hydrogen) atoms. The van der Waals surface area contributed by atoms with Crippen molar-refractivity contribution in [2.24, 2.45) is 5.73 Å². The molecular weight excluding hydrogens is 388 g/mol. The van der Waals surface area contributed by atoms with Gasteiger partial charge in [-0.05, 0) is 43.7 Å². The molecule has 4 N–H and O–H groups in total. The van der Waals surface area contributed by atoms with Gasteiger partial charge in [-0.25, -0.2) is 4.39 Å². The maximum absolute atomic E-state index is 13.0. The van der Waals surface area contributed by atoms with E-state index in [0.717, 1.165) is 29.0 Å². The van der Waals surface area contributed by atoms with E-state index in [4.69, 9.17) is 17.3 Å². The molecule has 0 unspecified atom stereocenters. The Kier molecular flexibility index (Phi) is 7.82. The number of carbonyl (C=O) groups is 2. The smallest absolute Gasteiger partial charge is 0.261 e. The second-order valence-corrected chi connectivity index (χ2v) is 6.77. The number of aryl methyl sites for hydroxylation is 1. The highest BCUT2D eigenvalue weighted by molar-refractivity contribution is 7.18. The van der Waals surface area contributed by atoms with Crippen molar-refractivity contribution in [2.45, 2.75) is 19.9 Å². The molecule has 0 spiro atoms. The van der Waals surface area contributed by atoms with Crippen LogP contribution in [0.3, 0.4) is 0 Å². The van der Waals surface area contributed by atoms with Crippen molar-refractivity contribution in [3.63, 3.8) is 0 Å². The van der Waals surface area contributed by atoms with E-state index in [1.165, 1.54) is 6.07 Å². The van der Waals surface area contributed by atoms with Crippen molar-refractivity contribution >= 4 is 52.2 Å². The summed E-state index contributed by atoms with van der Waals surface area (Å²) in [4.78, 5) is 24.9. The highest BCUT2D eigenvalue weighted by atomic mass is 35.5. The van der Waals surface area contributed by atoms with Crippen LogP contribution in [0.5, 0.6) is 0 Å². The van der Waals surface area contributed by atoms with E-state index in [9.17, 15) is 14.0 Å². The van der Waals surface area contributed by atoms with Crippen molar-refractivity contribution < 1.29 is 14.0 Å². The fraction of sp³-hybridized carbons (Fsp3) is 0.250. The van der Waals surface area contributed by atoms with Crippen LogP contribution in [0.1, 0.15) is 32.5 Å². The van der Waals surface area contributed by atoms with E-state index >= 15 is 0 Å². The Hall–Kier alpha value is -1.67. The third-order valence-corrected chi connectivity index (χ3v) is 4.73. The molecule has 1 aromatic carbocycles. The molecule has 0 radical (unpaired) electrons. The third-order valence-electron chi connectivity index (χ3n) is 3.27. The molecule has 1 atom stereocenters. The summed E-state index contributed by atoms with van der Waals surface area (Å²) in [6.07, 6.45) is 0. The fourth-order valence-electron chi connectivity index (χ4n) is 1.97. The number of halogens is 3. The van der Waals surface area contributed by atoms with E-state index in [-0.39, 0.29) is 34.9 Å². The average Bonchev–Trinajstić information content (AvgIpc) is 2.87.